The fourth-order valence-electron chi connectivity index (χ4n) is 3.68. The van der Waals surface area contributed by atoms with Crippen LogP contribution in [-0.2, 0) is 25.6 Å². The highest BCUT2D eigenvalue weighted by Crippen LogP contribution is 2.23. The van der Waals surface area contributed by atoms with E-state index in [1.54, 1.807) is 18.2 Å². The number of hydrogen-bond donors (Lipinski definition) is 6. The number of rotatable bonds is 13. The van der Waals surface area contributed by atoms with Crippen molar-refractivity contribution in [1.29, 1.82) is 5.41 Å². The number of nitrogens with one attached hydrogen (secondary N) is 2. The number of Topliss-reactive ketones (excluding diaryl/α,β-unsaturated/α-hetero) is 1. The molecule has 0 radical (unpaired) electrons. The third-order valence-electron chi connectivity index (χ3n) is 5.92. The maximum absolute atomic E-state index is 13.1. The van der Waals surface area contributed by atoms with Crippen LogP contribution in [0, 0.1) is 5.41 Å². The second-order valence-electron chi connectivity index (χ2n) is 9.30. The van der Waals surface area contributed by atoms with Crippen LogP contribution >= 0.6 is 0 Å². The Kier molecular flexibility index (Phi) is 12.8. The monoisotopic (exact) mass is 631 g/mol. The van der Waals surface area contributed by atoms with Gasteiger partial charge in [-0.1, -0.05) is 54.6 Å². The zero-order valence-electron chi connectivity index (χ0n) is 23.3. The Morgan fingerprint density at radius 1 is 0.867 bits per heavy atom. The van der Waals surface area contributed by atoms with E-state index in [-0.39, 0.29) is 42.2 Å². The standard InChI is InChI=1S/C28H27N3O7.C2HF3O2/c29-26(30)20-10-9-19(14-23(32)28(36)37)24(15-20)38-16-22(11-12-25(33)34)31-27(35)21-8-4-7-18(13-21)17-5-2-1-3-6-17;3-2(4,5)1(6)7/h1-10,13,15,22H,11-12,14,16H2,(H3,29,30)(H,31,35)(H,33,34)(H,36,37);(H,6,7)/t22-;/m1./s1. The minimum absolute atomic E-state index is 0.0508. The number of carboxylic acids is 3. The third kappa shape index (κ3) is 11.8. The SMILES string of the molecule is N=C(N)c1ccc(CC(=O)C(=O)O)c(OC[C@@H](CCC(=O)O)NC(=O)c2cccc(-c3ccccc3)c2)c1.O=C(O)C(F)(F)F. The van der Waals surface area contributed by atoms with Gasteiger partial charge in [0.2, 0.25) is 5.78 Å². The summed E-state index contributed by atoms with van der Waals surface area (Å²) in [5.41, 5.74) is 8.23. The van der Waals surface area contributed by atoms with Gasteiger partial charge in [-0.25, -0.2) is 9.59 Å². The number of ketones is 1. The van der Waals surface area contributed by atoms with Crippen LogP contribution in [0.2, 0.25) is 0 Å². The van der Waals surface area contributed by atoms with E-state index in [9.17, 15) is 32.3 Å². The van der Waals surface area contributed by atoms with Gasteiger partial charge >= 0.3 is 24.1 Å². The van der Waals surface area contributed by atoms with Gasteiger partial charge in [0, 0.05) is 29.5 Å². The molecule has 45 heavy (non-hydrogen) atoms. The molecule has 3 rings (SSSR count). The van der Waals surface area contributed by atoms with Crippen molar-refractivity contribution in [2.75, 3.05) is 6.61 Å². The number of carbonyl (C=O) groups is 5. The minimum atomic E-state index is -5.08. The normalized spacial score (nSPS) is 11.3. The van der Waals surface area contributed by atoms with Crippen LogP contribution in [0.5, 0.6) is 5.75 Å². The summed E-state index contributed by atoms with van der Waals surface area (Å²) in [6, 6.07) is 20.1. The zero-order valence-corrected chi connectivity index (χ0v) is 23.3. The van der Waals surface area contributed by atoms with Gasteiger partial charge in [-0.3, -0.25) is 19.8 Å². The second kappa shape index (κ2) is 16.2. The van der Waals surface area contributed by atoms with E-state index in [0.29, 0.717) is 5.56 Å². The first-order chi connectivity index (χ1) is 21.1. The highest BCUT2D eigenvalue weighted by molar-refractivity contribution is 6.33. The number of amides is 1. The minimum Gasteiger partial charge on any atom is -0.491 e. The molecule has 0 aliphatic heterocycles. The summed E-state index contributed by atoms with van der Waals surface area (Å²) in [4.78, 5) is 56.0. The molecule has 0 saturated carbocycles. The molecule has 15 heteroatoms. The van der Waals surface area contributed by atoms with Gasteiger partial charge in [-0.15, -0.1) is 0 Å². The predicted octanol–water partition coefficient (Wildman–Crippen LogP) is 3.51. The van der Waals surface area contributed by atoms with Crippen LogP contribution in [0.15, 0.2) is 72.8 Å². The van der Waals surface area contributed by atoms with Crippen molar-refractivity contribution in [2.24, 2.45) is 5.73 Å². The molecule has 0 aliphatic carbocycles. The van der Waals surface area contributed by atoms with Gasteiger partial charge in [0.1, 0.15) is 18.2 Å². The largest absolute Gasteiger partial charge is 0.491 e. The molecule has 12 nitrogen and oxygen atoms in total. The molecular weight excluding hydrogens is 603 g/mol. The topological polar surface area (TPSA) is 217 Å². The quantitative estimate of drug-likeness (QED) is 0.0916. The van der Waals surface area contributed by atoms with Crippen molar-refractivity contribution in [1.82, 2.24) is 5.32 Å². The smallest absolute Gasteiger partial charge is 0.490 e. The number of nitrogens with two attached hydrogens (primary N) is 1. The number of carbonyl (C=O) groups excluding carboxylic acids is 2. The van der Waals surface area contributed by atoms with Crippen LogP contribution in [-0.4, -0.2) is 69.6 Å². The first kappa shape index (κ1) is 35.5. The lowest BCUT2D eigenvalue weighted by Crippen LogP contribution is -2.39. The number of alkyl halides is 3. The van der Waals surface area contributed by atoms with Crippen LogP contribution in [0.1, 0.15) is 34.3 Å². The average Bonchev–Trinajstić information content (AvgIpc) is 2.99. The molecule has 0 aliphatic rings. The summed E-state index contributed by atoms with van der Waals surface area (Å²) in [6.07, 6.45) is -5.73. The van der Waals surface area contributed by atoms with Crippen LogP contribution in [0.25, 0.3) is 11.1 Å². The van der Waals surface area contributed by atoms with Crippen molar-refractivity contribution in [3.63, 3.8) is 0 Å². The molecular formula is C30H28F3N3O9. The van der Waals surface area contributed by atoms with E-state index in [1.807, 2.05) is 36.4 Å². The number of benzene rings is 3. The fourth-order valence-corrected chi connectivity index (χ4v) is 3.68. The molecule has 0 heterocycles. The van der Waals surface area contributed by atoms with E-state index in [4.69, 9.17) is 36.0 Å². The molecule has 0 aromatic heterocycles. The first-order valence-corrected chi connectivity index (χ1v) is 12.9. The molecule has 0 bridgehead atoms. The highest BCUT2D eigenvalue weighted by atomic mass is 19.4. The van der Waals surface area contributed by atoms with E-state index in [2.05, 4.69) is 5.32 Å². The molecule has 1 amide bonds. The van der Waals surface area contributed by atoms with E-state index < -0.39 is 48.2 Å². The number of nitrogen functional groups attached to an aromatic ring is 1. The first-order valence-electron chi connectivity index (χ1n) is 12.9. The highest BCUT2D eigenvalue weighted by Gasteiger charge is 2.38. The summed E-state index contributed by atoms with van der Waals surface area (Å²) in [5, 5.41) is 35.7. The number of carboxylic acid groups (broad SMARTS) is 3. The van der Waals surface area contributed by atoms with Gasteiger partial charge in [0.05, 0.1) is 6.04 Å². The summed E-state index contributed by atoms with van der Waals surface area (Å²) in [5.74, 6) is -7.06. The maximum atomic E-state index is 13.1. The molecule has 3 aromatic carbocycles. The van der Waals surface area contributed by atoms with Crippen molar-refractivity contribution >= 4 is 35.4 Å². The number of aliphatic carboxylic acids is 3. The van der Waals surface area contributed by atoms with E-state index in [1.165, 1.54) is 18.2 Å². The van der Waals surface area contributed by atoms with Crippen molar-refractivity contribution in [3.05, 3.63) is 89.5 Å². The maximum Gasteiger partial charge on any atom is 0.490 e. The van der Waals surface area contributed by atoms with Crippen molar-refractivity contribution in [3.8, 4) is 16.9 Å². The molecule has 0 unspecified atom stereocenters. The van der Waals surface area contributed by atoms with Gasteiger partial charge in [0.15, 0.2) is 0 Å². The Morgan fingerprint density at radius 2 is 1.49 bits per heavy atom. The molecule has 7 N–H and O–H groups in total. The second-order valence-corrected chi connectivity index (χ2v) is 9.30. The number of amidine groups is 1. The third-order valence-corrected chi connectivity index (χ3v) is 5.92. The Morgan fingerprint density at radius 3 is 2.04 bits per heavy atom. The molecule has 0 spiro atoms. The molecule has 1 atom stereocenters. The molecule has 0 saturated heterocycles. The number of ether oxygens (including phenoxy) is 1. The van der Waals surface area contributed by atoms with Crippen LogP contribution < -0.4 is 15.8 Å². The van der Waals surface area contributed by atoms with Gasteiger partial charge < -0.3 is 31.1 Å². The van der Waals surface area contributed by atoms with Crippen molar-refractivity contribution < 1.29 is 57.2 Å². The zero-order chi connectivity index (χ0) is 33.7. The van der Waals surface area contributed by atoms with Gasteiger partial charge in [0.25, 0.3) is 5.91 Å². The predicted molar refractivity (Wildman–Crippen MR) is 153 cm³/mol. The Balaban J connectivity index is 0.000000900. The lowest BCUT2D eigenvalue weighted by molar-refractivity contribution is -0.192. The van der Waals surface area contributed by atoms with Crippen molar-refractivity contribution in [2.45, 2.75) is 31.5 Å². The van der Waals surface area contributed by atoms with E-state index >= 15 is 0 Å². The Labute approximate surface area is 253 Å². The molecule has 238 valence electrons. The van der Waals surface area contributed by atoms with Gasteiger partial charge in [-0.05, 0) is 35.7 Å². The molecule has 0 fully saturated rings. The van der Waals surface area contributed by atoms with E-state index in [0.717, 1.165) is 11.1 Å². The summed E-state index contributed by atoms with van der Waals surface area (Å²) in [7, 11) is 0. The number of hydrogen-bond acceptors (Lipinski definition) is 7. The average molecular weight is 632 g/mol. The Bertz CT molecular complexity index is 1560. The summed E-state index contributed by atoms with van der Waals surface area (Å²) < 4.78 is 37.6. The lowest BCUT2D eigenvalue weighted by Gasteiger charge is -2.20. The lowest BCUT2D eigenvalue weighted by atomic mass is 10.0. The Hall–Kier alpha value is -5.73. The summed E-state index contributed by atoms with van der Waals surface area (Å²) in [6.45, 7) is -0.174. The van der Waals surface area contributed by atoms with Crippen LogP contribution in [0.4, 0.5) is 13.2 Å². The number of halogens is 3. The fraction of sp³-hybridized carbons (Fsp3) is 0.200. The van der Waals surface area contributed by atoms with Crippen LogP contribution in [0.3, 0.4) is 0 Å². The summed E-state index contributed by atoms with van der Waals surface area (Å²) >= 11 is 0. The van der Waals surface area contributed by atoms with Gasteiger partial charge in [-0.2, -0.15) is 13.2 Å². The molecule has 3 aromatic rings.